The fraction of sp³-hybridized carbons (Fsp3) is 0.375. The van der Waals surface area contributed by atoms with Gasteiger partial charge in [0.1, 0.15) is 0 Å². The topological polar surface area (TPSA) is 24.9 Å². The molecule has 0 atom stereocenters. The second-order valence-corrected chi connectivity index (χ2v) is 2.45. The molecule has 0 spiro atoms. The molecule has 66 valence electrons. The second kappa shape index (κ2) is 3.47. The highest BCUT2D eigenvalue weighted by Crippen LogP contribution is 2.22. The molecular formula is C8H10F2N2. The lowest BCUT2D eigenvalue weighted by molar-refractivity contribution is 0.151. The first kappa shape index (κ1) is 8.90. The summed E-state index contributed by atoms with van der Waals surface area (Å²) in [6.45, 7) is 1.76. The van der Waals surface area contributed by atoms with Gasteiger partial charge in [0.2, 0.25) is 0 Å². The lowest BCUT2D eigenvalue weighted by Crippen LogP contribution is -1.96. The molecule has 0 saturated heterocycles. The highest BCUT2D eigenvalue weighted by molar-refractivity contribution is 5.48. The Hall–Kier alpha value is -1.19. The van der Waals surface area contributed by atoms with Crippen LogP contribution in [0.5, 0.6) is 0 Å². The van der Waals surface area contributed by atoms with Crippen molar-refractivity contribution in [3.63, 3.8) is 0 Å². The zero-order chi connectivity index (χ0) is 9.14. The van der Waals surface area contributed by atoms with Crippen molar-refractivity contribution in [1.29, 1.82) is 0 Å². The number of aromatic nitrogens is 1. The second-order valence-electron chi connectivity index (χ2n) is 2.45. The molecule has 0 fully saturated rings. The average Bonchev–Trinajstić information content (AvgIpc) is 2.05. The largest absolute Gasteiger partial charge is 0.387 e. The first-order valence-electron chi connectivity index (χ1n) is 3.57. The third kappa shape index (κ3) is 1.69. The number of hydrogen-bond donors (Lipinski definition) is 1. The molecule has 0 aromatic carbocycles. The zero-order valence-electron chi connectivity index (χ0n) is 6.94. The summed E-state index contributed by atoms with van der Waals surface area (Å²) < 4.78 is 24.3. The van der Waals surface area contributed by atoms with Crippen molar-refractivity contribution in [3.05, 3.63) is 23.5 Å². The summed E-state index contributed by atoms with van der Waals surface area (Å²) in [7, 11) is 1.68. The molecule has 1 heterocycles. The molecule has 1 aromatic rings. The summed E-state index contributed by atoms with van der Waals surface area (Å²) in [5.41, 5.74) is 1.32. The van der Waals surface area contributed by atoms with E-state index in [1.54, 1.807) is 14.0 Å². The van der Waals surface area contributed by atoms with Crippen molar-refractivity contribution >= 4 is 5.69 Å². The maximum Gasteiger partial charge on any atom is 0.265 e. The minimum atomic E-state index is -2.45. The summed E-state index contributed by atoms with van der Waals surface area (Å²) in [6.07, 6.45) is -1.26. The van der Waals surface area contributed by atoms with E-state index in [-0.39, 0.29) is 5.56 Å². The van der Waals surface area contributed by atoms with Gasteiger partial charge < -0.3 is 5.32 Å². The Bertz CT molecular complexity index is 274. The van der Waals surface area contributed by atoms with Crippen LogP contribution in [0.1, 0.15) is 17.7 Å². The smallest absolute Gasteiger partial charge is 0.265 e. The molecule has 0 aliphatic heterocycles. The van der Waals surface area contributed by atoms with Crippen molar-refractivity contribution in [1.82, 2.24) is 4.98 Å². The Balaban J connectivity index is 3.05. The maximum atomic E-state index is 12.1. The van der Waals surface area contributed by atoms with Crippen LogP contribution in [0.4, 0.5) is 14.5 Å². The molecule has 0 unspecified atom stereocenters. The van der Waals surface area contributed by atoms with Gasteiger partial charge >= 0.3 is 0 Å². The van der Waals surface area contributed by atoms with Crippen LogP contribution in [0.2, 0.25) is 0 Å². The third-order valence-electron chi connectivity index (χ3n) is 1.63. The molecule has 0 aliphatic rings. The van der Waals surface area contributed by atoms with Gasteiger partial charge in [-0.3, -0.25) is 4.98 Å². The van der Waals surface area contributed by atoms with E-state index in [9.17, 15) is 8.78 Å². The van der Waals surface area contributed by atoms with Gasteiger partial charge in [-0.1, -0.05) is 0 Å². The number of hydrogen-bond acceptors (Lipinski definition) is 2. The van der Waals surface area contributed by atoms with Crippen LogP contribution >= 0.6 is 0 Å². The van der Waals surface area contributed by atoms with E-state index in [4.69, 9.17) is 0 Å². The monoisotopic (exact) mass is 172 g/mol. The predicted octanol–water partition coefficient (Wildman–Crippen LogP) is 2.37. The molecule has 1 aromatic heterocycles. The van der Waals surface area contributed by atoms with Crippen LogP contribution in [0.25, 0.3) is 0 Å². The highest BCUT2D eigenvalue weighted by Gasteiger charge is 2.08. The predicted molar refractivity (Wildman–Crippen MR) is 43.5 cm³/mol. The molecule has 12 heavy (non-hydrogen) atoms. The number of halogens is 2. The van der Waals surface area contributed by atoms with Gasteiger partial charge in [0.25, 0.3) is 6.43 Å². The van der Waals surface area contributed by atoms with Gasteiger partial charge in [-0.05, 0) is 13.0 Å². The van der Waals surface area contributed by atoms with Crippen molar-refractivity contribution in [2.24, 2.45) is 0 Å². The third-order valence-corrected chi connectivity index (χ3v) is 1.63. The number of anilines is 1. The number of pyridine rings is 1. The molecular weight excluding hydrogens is 162 g/mol. The van der Waals surface area contributed by atoms with E-state index >= 15 is 0 Å². The van der Waals surface area contributed by atoms with Gasteiger partial charge in [0.15, 0.2) is 0 Å². The summed E-state index contributed by atoms with van der Waals surface area (Å²) in [5, 5.41) is 2.79. The fourth-order valence-electron chi connectivity index (χ4n) is 0.922. The quantitative estimate of drug-likeness (QED) is 0.740. The summed E-state index contributed by atoms with van der Waals surface area (Å²) in [4.78, 5) is 3.83. The van der Waals surface area contributed by atoms with Gasteiger partial charge in [-0.2, -0.15) is 0 Å². The number of nitrogens with one attached hydrogen (secondary N) is 1. The Morgan fingerprint density at radius 2 is 2.17 bits per heavy atom. The number of nitrogens with zero attached hydrogens (tertiary/aromatic N) is 1. The Labute approximate surface area is 69.6 Å². The van der Waals surface area contributed by atoms with E-state index < -0.39 is 6.43 Å². The molecule has 1 rings (SSSR count). The van der Waals surface area contributed by atoms with Gasteiger partial charge in [0, 0.05) is 18.8 Å². The van der Waals surface area contributed by atoms with E-state index in [2.05, 4.69) is 10.3 Å². The van der Waals surface area contributed by atoms with Crippen molar-refractivity contribution in [2.45, 2.75) is 13.3 Å². The summed E-state index contributed by atoms with van der Waals surface area (Å²) in [5.74, 6) is 0. The van der Waals surface area contributed by atoms with Crippen molar-refractivity contribution in [3.8, 4) is 0 Å². The van der Waals surface area contributed by atoms with E-state index in [1.807, 2.05) is 0 Å². The first-order chi connectivity index (χ1) is 5.65. The maximum absolute atomic E-state index is 12.1. The Kier molecular flexibility index (Phi) is 2.58. The minimum absolute atomic E-state index is 0.0510. The molecule has 0 amide bonds. The SMILES string of the molecule is CNc1cc(C(F)F)cnc1C. The van der Waals surface area contributed by atoms with Crippen molar-refractivity contribution < 1.29 is 8.78 Å². The fourth-order valence-corrected chi connectivity index (χ4v) is 0.922. The lowest BCUT2D eigenvalue weighted by Gasteiger charge is -2.06. The molecule has 0 radical (unpaired) electrons. The van der Waals surface area contributed by atoms with Crippen LogP contribution in [0.3, 0.4) is 0 Å². The number of aryl methyl sites for hydroxylation is 1. The van der Waals surface area contributed by atoms with Crippen LogP contribution in [0, 0.1) is 6.92 Å². The van der Waals surface area contributed by atoms with E-state index in [0.717, 1.165) is 5.69 Å². The van der Waals surface area contributed by atoms with Gasteiger partial charge in [-0.15, -0.1) is 0 Å². The van der Waals surface area contributed by atoms with Gasteiger partial charge in [0.05, 0.1) is 11.4 Å². The standard InChI is InChI=1S/C8H10F2N2/c1-5-7(11-2)3-6(4-12-5)8(9)10/h3-4,8,11H,1-2H3. The number of rotatable bonds is 2. The summed E-state index contributed by atoms with van der Waals surface area (Å²) >= 11 is 0. The lowest BCUT2D eigenvalue weighted by atomic mass is 10.2. The van der Waals surface area contributed by atoms with Crippen LogP contribution in [-0.4, -0.2) is 12.0 Å². The first-order valence-corrected chi connectivity index (χ1v) is 3.57. The highest BCUT2D eigenvalue weighted by atomic mass is 19.3. The Morgan fingerprint density at radius 1 is 1.50 bits per heavy atom. The molecule has 0 aliphatic carbocycles. The van der Waals surface area contributed by atoms with Gasteiger partial charge in [-0.25, -0.2) is 8.78 Å². The molecule has 4 heteroatoms. The van der Waals surface area contributed by atoms with Crippen LogP contribution < -0.4 is 5.32 Å². The number of alkyl halides is 2. The molecule has 1 N–H and O–H groups in total. The van der Waals surface area contributed by atoms with Crippen LogP contribution in [-0.2, 0) is 0 Å². The van der Waals surface area contributed by atoms with E-state index in [0.29, 0.717) is 5.69 Å². The molecule has 0 saturated carbocycles. The molecule has 0 bridgehead atoms. The molecule has 2 nitrogen and oxygen atoms in total. The van der Waals surface area contributed by atoms with Crippen LogP contribution in [0.15, 0.2) is 12.3 Å². The van der Waals surface area contributed by atoms with Crippen molar-refractivity contribution in [2.75, 3.05) is 12.4 Å². The van der Waals surface area contributed by atoms with E-state index in [1.165, 1.54) is 12.3 Å². The Morgan fingerprint density at radius 3 is 2.67 bits per heavy atom. The summed E-state index contributed by atoms with van der Waals surface area (Å²) in [6, 6.07) is 1.41. The zero-order valence-corrected chi connectivity index (χ0v) is 6.94. The minimum Gasteiger partial charge on any atom is -0.387 e. The normalized spacial score (nSPS) is 10.4. The average molecular weight is 172 g/mol.